The maximum absolute atomic E-state index is 11.1. The Kier molecular flexibility index (Phi) is 4.83. The van der Waals surface area contributed by atoms with E-state index in [4.69, 9.17) is 5.11 Å². The van der Waals surface area contributed by atoms with Crippen LogP contribution in [0.15, 0.2) is 24.3 Å². The number of rotatable bonds is 6. The predicted molar refractivity (Wildman–Crippen MR) is 66.2 cm³/mol. The van der Waals surface area contributed by atoms with Crippen LogP contribution in [-0.4, -0.2) is 24.2 Å². The zero-order chi connectivity index (χ0) is 12.0. The summed E-state index contributed by atoms with van der Waals surface area (Å²) in [7, 11) is 0. The van der Waals surface area contributed by atoms with Crippen LogP contribution in [0.3, 0.4) is 0 Å². The molecule has 1 aromatic rings. The summed E-state index contributed by atoms with van der Waals surface area (Å²) in [6.07, 6.45) is 2.04. The number of carbonyl (C=O) groups is 1. The molecule has 0 aliphatic rings. The Bertz CT molecular complexity index is 344. The van der Waals surface area contributed by atoms with Crippen LogP contribution in [0.2, 0.25) is 0 Å². The molecule has 0 saturated carbocycles. The van der Waals surface area contributed by atoms with E-state index in [9.17, 15) is 4.79 Å². The van der Waals surface area contributed by atoms with Gasteiger partial charge in [0.2, 0.25) is 0 Å². The number of para-hydroxylation sites is 1. The molecule has 1 aromatic carbocycles. The van der Waals surface area contributed by atoms with E-state index < -0.39 is 5.97 Å². The van der Waals surface area contributed by atoms with Crippen LogP contribution in [0.25, 0.3) is 0 Å². The summed E-state index contributed by atoms with van der Waals surface area (Å²) in [5.41, 5.74) is 1.23. The van der Waals surface area contributed by atoms with Crippen LogP contribution in [0.4, 0.5) is 5.69 Å². The molecule has 0 unspecified atom stereocenters. The van der Waals surface area contributed by atoms with Crippen LogP contribution in [0.1, 0.15) is 37.0 Å². The van der Waals surface area contributed by atoms with Crippen molar-refractivity contribution in [1.82, 2.24) is 0 Å². The molecule has 0 saturated heterocycles. The number of anilines is 1. The third-order valence-electron chi connectivity index (χ3n) is 2.46. The maximum Gasteiger partial charge on any atom is 0.337 e. The number of carboxylic acid groups (broad SMARTS) is 1. The van der Waals surface area contributed by atoms with E-state index in [0.717, 1.165) is 31.6 Å². The molecule has 0 fully saturated rings. The van der Waals surface area contributed by atoms with E-state index in [1.807, 2.05) is 12.1 Å². The van der Waals surface area contributed by atoms with Crippen molar-refractivity contribution in [3.05, 3.63) is 29.8 Å². The SMILES string of the molecule is CCCN(CCC)c1ccccc1C(=O)O. The van der Waals surface area contributed by atoms with Crippen molar-refractivity contribution in [3.63, 3.8) is 0 Å². The van der Waals surface area contributed by atoms with E-state index >= 15 is 0 Å². The molecule has 0 radical (unpaired) electrons. The first-order valence-electron chi connectivity index (χ1n) is 5.78. The van der Waals surface area contributed by atoms with Crippen molar-refractivity contribution in [2.24, 2.45) is 0 Å². The van der Waals surface area contributed by atoms with Crippen LogP contribution in [-0.2, 0) is 0 Å². The van der Waals surface area contributed by atoms with Gasteiger partial charge in [-0.25, -0.2) is 4.79 Å². The fourth-order valence-electron chi connectivity index (χ4n) is 1.82. The van der Waals surface area contributed by atoms with Gasteiger partial charge >= 0.3 is 5.97 Å². The average Bonchev–Trinajstić information content (AvgIpc) is 2.29. The summed E-state index contributed by atoms with van der Waals surface area (Å²) in [5, 5.41) is 9.12. The predicted octanol–water partition coefficient (Wildman–Crippen LogP) is 3.01. The summed E-state index contributed by atoms with van der Waals surface area (Å²) in [6, 6.07) is 7.20. The molecular weight excluding hydrogens is 202 g/mol. The fourth-order valence-corrected chi connectivity index (χ4v) is 1.82. The van der Waals surface area contributed by atoms with Crippen molar-refractivity contribution in [2.75, 3.05) is 18.0 Å². The Labute approximate surface area is 96.7 Å². The Morgan fingerprint density at radius 3 is 2.25 bits per heavy atom. The van der Waals surface area contributed by atoms with Gasteiger partial charge in [-0.15, -0.1) is 0 Å². The van der Waals surface area contributed by atoms with E-state index in [1.54, 1.807) is 12.1 Å². The van der Waals surface area contributed by atoms with Gasteiger partial charge in [-0.3, -0.25) is 0 Å². The van der Waals surface area contributed by atoms with E-state index in [-0.39, 0.29) is 0 Å². The van der Waals surface area contributed by atoms with E-state index in [2.05, 4.69) is 18.7 Å². The van der Waals surface area contributed by atoms with Gasteiger partial charge in [0.15, 0.2) is 0 Å². The molecule has 16 heavy (non-hydrogen) atoms. The summed E-state index contributed by atoms with van der Waals surface area (Å²) < 4.78 is 0. The highest BCUT2D eigenvalue weighted by Gasteiger charge is 2.13. The summed E-state index contributed by atoms with van der Waals surface area (Å²) >= 11 is 0. The zero-order valence-corrected chi connectivity index (χ0v) is 9.94. The number of hydrogen-bond acceptors (Lipinski definition) is 2. The Morgan fingerprint density at radius 2 is 1.75 bits per heavy atom. The highest BCUT2D eigenvalue weighted by molar-refractivity contribution is 5.94. The van der Waals surface area contributed by atoms with Crippen molar-refractivity contribution in [2.45, 2.75) is 26.7 Å². The second-order valence-electron chi connectivity index (χ2n) is 3.81. The highest BCUT2D eigenvalue weighted by atomic mass is 16.4. The minimum Gasteiger partial charge on any atom is -0.478 e. The van der Waals surface area contributed by atoms with Gasteiger partial charge in [0, 0.05) is 13.1 Å². The van der Waals surface area contributed by atoms with Crippen LogP contribution < -0.4 is 4.90 Å². The molecule has 3 heteroatoms. The third-order valence-corrected chi connectivity index (χ3v) is 2.46. The first-order chi connectivity index (χ1) is 7.70. The second kappa shape index (κ2) is 6.16. The van der Waals surface area contributed by atoms with Gasteiger partial charge in [0.05, 0.1) is 11.3 Å². The standard InChI is InChI=1S/C13H19NO2/c1-3-9-14(10-4-2)12-8-6-5-7-11(12)13(15)16/h5-8H,3-4,9-10H2,1-2H3,(H,15,16). The van der Waals surface area contributed by atoms with Crippen molar-refractivity contribution in [3.8, 4) is 0 Å². The third kappa shape index (κ3) is 2.99. The molecule has 0 aliphatic carbocycles. The topological polar surface area (TPSA) is 40.5 Å². The number of benzene rings is 1. The van der Waals surface area contributed by atoms with E-state index in [1.165, 1.54) is 0 Å². The molecular formula is C13H19NO2. The zero-order valence-electron chi connectivity index (χ0n) is 9.94. The second-order valence-corrected chi connectivity index (χ2v) is 3.81. The number of nitrogens with zero attached hydrogens (tertiary/aromatic N) is 1. The van der Waals surface area contributed by atoms with Gasteiger partial charge < -0.3 is 10.0 Å². The van der Waals surface area contributed by atoms with Crippen molar-refractivity contribution in [1.29, 1.82) is 0 Å². The smallest absolute Gasteiger partial charge is 0.337 e. The quantitative estimate of drug-likeness (QED) is 0.802. The molecule has 1 rings (SSSR count). The first kappa shape index (κ1) is 12.6. The molecule has 3 nitrogen and oxygen atoms in total. The average molecular weight is 221 g/mol. The van der Waals surface area contributed by atoms with Crippen LogP contribution >= 0.6 is 0 Å². The minimum absolute atomic E-state index is 0.393. The fraction of sp³-hybridized carbons (Fsp3) is 0.462. The first-order valence-corrected chi connectivity index (χ1v) is 5.78. The number of hydrogen-bond donors (Lipinski definition) is 1. The van der Waals surface area contributed by atoms with Gasteiger partial charge in [-0.1, -0.05) is 26.0 Å². The normalized spacial score (nSPS) is 10.1. The Hall–Kier alpha value is -1.51. The lowest BCUT2D eigenvalue weighted by molar-refractivity contribution is 0.0697. The van der Waals surface area contributed by atoms with Gasteiger partial charge in [0.25, 0.3) is 0 Å². The summed E-state index contributed by atoms with van der Waals surface area (Å²) in [6.45, 7) is 6.01. The lowest BCUT2D eigenvalue weighted by atomic mass is 10.1. The largest absolute Gasteiger partial charge is 0.478 e. The van der Waals surface area contributed by atoms with Crippen molar-refractivity contribution < 1.29 is 9.90 Å². The summed E-state index contributed by atoms with van der Waals surface area (Å²) in [4.78, 5) is 13.3. The summed E-state index contributed by atoms with van der Waals surface area (Å²) in [5.74, 6) is -0.854. The molecule has 0 atom stereocenters. The molecule has 0 amide bonds. The monoisotopic (exact) mass is 221 g/mol. The van der Waals surface area contributed by atoms with Crippen molar-refractivity contribution >= 4 is 11.7 Å². The van der Waals surface area contributed by atoms with E-state index in [0.29, 0.717) is 5.56 Å². The Balaban J connectivity index is 3.02. The molecule has 0 spiro atoms. The van der Waals surface area contributed by atoms with Crippen LogP contribution in [0, 0.1) is 0 Å². The van der Waals surface area contributed by atoms with Crippen LogP contribution in [0.5, 0.6) is 0 Å². The molecule has 1 N–H and O–H groups in total. The Morgan fingerprint density at radius 1 is 1.19 bits per heavy atom. The molecule has 0 aliphatic heterocycles. The lowest BCUT2D eigenvalue weighted by Crippen LogP contribution is -2.26. The molecule has 0 heterocycles. The highest BCUT2D eigenvalue weighted by Crippen LogP contribution is 2.20. The lowest BCUT2D eigenvalue weighted by Gasteiger charge is -2.25. The van der Waals surface area contributed by atoms with Gasteiger partial charge in [-0.2, -0.15) is 0 Å². The number of aromatic carboxylic acids is 1. The minimum atomic E-state index is -0.854. The molecule has 0 aromatic heterocycles. The maximum atomic E-state index is 11.1. The number of carboxylic acids is 1. The molecule has 0 bridgehead atoms. The van der Waals surface area contributed by atoms with Gasteiger partial charge in [0.1, 0.15) is 0 Å². The van der Waals surface area contributed by atoms with Gasteiger partial charge in [-0.05, 0) is 25.0 Å². The molecule has 88 valence electrons.